The topological polar surface area (TPSA) is 80.9 Å². The van der Waals surface area contributed by atoms with Crippen LogP contribution in [0.4, 0.5) is 0 Å². The highest BCUT2D eigenvalue weighted by atomic mass is 16.4. The first-order valence-electron chi connectivity index (χ1n) is 11.7. The van der Waals surface area contributed by atoms with Gasteiger partial charge in [0.15, 0.2) is 0 Å². The number of carbonyl (C=O) groups excluding carboxylic acids is 1. The normalized spacial score (nSPS) is 18.3. The van der Waals surface area contributed by atoms with Gasteiger partial charge < -0.3 is 9.73 Å². The molecule has 168 valence electrons. The fraction of sp³-hybridized carbons (Fsp3) is 0.333. The molecule has 2 heterocycles. The lowest BCUT2D eigenvalue weighted by Crippen LogP contribution is -2.32. The van der Waals surface area contributed by atoms with E-state index in [0.29, 0.717) is 24.1 Å². The lowest BCUT2D eigenvalue weighted by molar-refractivity contribution is -0.120. The summed E-state index contributed by atoms with van der Waals surface area (Å²) in [4.78, 5) is 16.8. The van der Waals surface area contributed by atoms with Gasteiger partial charge in [-0.15, -0.1) is 10.2 Å². The number of hydrogen-bond donors (Lipinski definition) is 1. The highest BCUT2D eigenvalue weighted by Gasteiger charge is 2.27. The summed E-state index contributed by atoms with van der Waals surface area (Å²) in [5.41, 5.74) is 2.97. The van der Waals surface area contributed by atoms with Crippen LogP contribution in [0.2, 0.25) is 0 Å². The van der Waals surface area contributed by atoms with Gasteiger partial charge in [0.1, 0.15) is 5.69 Å². The number of aromatic nitrogens is 3. The van der Waals surface area contributed by atoms with Gasteiger partial charge in [-0.25, -0.2) is 0 Å². The molecular formula is C27H28N4O2. The highest BCUT2D eigenvalue weighted by molar-refractivity contribution is 5.92. The van der Waals surface area contributed by atoms with E-state index in [1.165, 1.54) is 5.56 Å². The third kappa shape index (κ3) is 4.95. The molecule has 33 heavy (non-hydrogen) atoms. The van der Waals surface area contributed by atoms with Crippen molar-refractivity contribution in [2.75, 3.05) is 6.54 Å². The number of aryl methyl sites for hydroxylation is 1. The van der Waals surface area contributed by atoms with Crippen LogP contribution in [-0.4, -0.2) is 27.6 Å². The zero-order valence-electron chi connectivity index (χ0n) is 18.8. The van der Waals surface area contributed by atoms with Crippen LogP contribution in [0.1, 0.15) is 48.6 Å². The predicted octanol–water partition coefficient (Wildman–Crippen LogP) is 5.23. The van der Waals surface area contributed by atoms with Crippen molar-refractivity contribution in [2.45, 2.75) is 44.9 Å². The second-order valence-electron chi connectivity index (χ2n) is 9.01. The largest absolute Gasteiger partial charge is 0.419 e. The van der Waals surface area contributed by atoms with Crippen LogP contribution in [-0.2, 0) is 11.2 Å². The Kier molecular flexibility index (Phi) is 6.15. The molecular weight excluding hydrogens is 412 g/mol. The van der Waals surface area contributed by atoms with Crippen molar-refractivity contribution in [3.8, 4) is 11.6 Å². The minimum Gasteiger partial charge on any atom is -0.419 e. The van der Waals surface area contributed by atoms with Crippen LogP contribution in [0.5, 0.6) is 0 Å². The number of nitrogens with zero attached hydrogens (tertiary/aromatic N) is 3. The molecule has 0 unspecified atom stereocenters. The Morgan fingerprint density at radius 2 is 1.88 bits per heavy atom. The third-order valence-electron chi connectivity index (χ3n) is 6.55. The number of carbonyl (C=O) groups is 1. The van der Waals surface area contributed by atoms with Crippen molar-refractivity contribution < 1.29 is 9.21 Å². The standard InChI is InChI=1S/C27H28N4O2/c1-18-5-4-6-20(15-18)16-24(32)29-17-19-9-11-22(12-10-19)26-30-31-27(33-26)25-23-8-3-2-7-21(23)13-14-28-25/h2-8,13-15,19,22H,9-12,16-17H2,1H3,(H,29,32). The zero-order chi connectivity index (χ0) is 22.6. The number of benzene rings is 2. The number of fused-ring (bicyclic) bond motifs is 1. The molecule has 0 bridgehead atoms. The van der Waals surface area contributed by atoms with Crippen molar-refractivity contribution >= 4 is 16.7 Å². The molecule has 1 fully saturated rings. The van der Waals surface area contributed by atoms with Gasteiger partial charge in [-0.05, 0) is 55.5 Å². The summed E-state index contributed by atoms with van der Waals surface area (Å²) in [7, 11) is 0. The molecule has 5 rings (SSSR count). The number of hydrogen-bond acceptors (Lipinski definition) is 5. The second-order valence-corrected chi connectivity index (χ2v) is 9.01. The molecule has 1 N–H and O–H groups in total. The molecule has 6 heteroatoms. The molecule has 1 aliphatic carbocycles. The molecule has 2 aromatic carbocycles. The summed E-state index contributed by atoms with van der Waals surface area (Å²) < 4.78 is 6.07. The first-order valence-corrected chi connectivity index (χ1v) is 11.7. The van der Waals surface area contributed by atoms with E-state index in [0.717, 1.165) is 54.3 Å². The van der Waals surface area contributed by atoms with Gasteiger partial charge in [-0.3, -0.25) is 9.78 Å². The number of amides is 1. The molecule has 0 radical (unpaired) electrons. The van der Waals surface area contributed by atoms with E-state index in [4.69, 9.17) is 4.42 Å². The van der Waals surface area contributed by atoms with E-state index < -0.39 is 0 Å². The molecule has 0 spiro atoms. The summed E-state index contributed by atoms with van der Waals surface area (Å²) in [6.07, 6.45) is 6.27. The molecule has 1 amide bonds. The Morgan fingerprint density at radius 3 is 2.73 bits per heavy atom. The zero-order valence-corrected chi connectivity index (χ0v) is 18.8. The smallest absolute Gasteiger partial charge is 0.266 e. The van der Waals surface area contributed by atoms with Gasteiger partial charge in [-0.2, -0.15) is 0 Å². The first kappa shape index (κ1) is 21.3. The maximum atomic E-state index is 12.3. The molecule has 1 saturated carbocycles. The molecule has 1 aliphatic rings. The van der Waals surface area contributed by atoms with E-state index in [9.17, 15) is 4.79 Å². The SMILES string of the molecule is Cc1cccc(CC(=O)NCC2CCC(c3nnc(-c4nccc5ccccc45)o3)CC2)c1. The molecule has 0 saturated heterocycles. The number of nitrogens with one attached hydrogen (secondary N) is 1. The van der Waals surface area contributed by atoms with Crippen molar-refractivity contribution in [3.63, 3.8) is 0 Å². The van der Waals surface area contributed by atoms with E-state index in [-0.39, 0.29) is 11.8 Å². The van der Waals surface area contributed by atoms with Gasteiger partial charge in [0, 0.05) is 24.0 Å². The highest BCUT2D eigenvalue weighted by Crippen LogP contribution is 2.36. The second kappa shape index (κ2) is 9.53. The summed E-state index contributed by atoms with van der Waals surface area (Å²) in [5, 5.41) is 13.9. The van der Waals surface area contributed by atoms with Crippen molar-refractivity contribution in [2.24, 2.45) is 5.92 Å². The van der Waals surface area contributed by atoms with Crippen LogP contribution < -0.4 is 5.32 Å². The van der Waals surface area contributed by atoms with Crippen LogP contribution in [0.3, 0.4) is 0 Å². The molecule has 2 aromatic heterocycles. The Hall–Kier alpha value is -3.54. The average Bonchev–Trinajstić information content (AvgIpc) is 3.33. The van der Waals surface area contributed by atoms with Crippen LogP contribution in [0, 0.1) is 12.8 Å². The minimum atomic E-state index is 0.0897. The monoisotopic (exact) mass is 440 g/mol. The Bertz CT molecular complexity index is 1250. The third-order valence-corrected chi connectivity index (χ3v) is 6.55. The summed E-state index contributed by atoms with van der Waals surface area (Å²) >= 11 is 0. The maximum Gasteiger partial charge on any atom is 0.266 e. The van der Waals surface area contributed by atoms with Crippen molar-refractivity contribution in [3.05, 3.63) is 77.8 Å². The molecule has 0 aliphatic heterocycles. The molecule has 0 atom stereocenters. The minimum absolute atomic E-state index is 0.0897. The lowest BCUT2D eigenvalue weighted by atomic mass is 9.82. The molecule has 4 aromatic rings. The first-order chi connectivity index (χ1) is 16.2. The van der Waals surface area contributed by atoms with Crippen LogP contribution >= 0.6 is 0 Å². The Labute approximate surface area is 193 Å². The number of pyridine rings is 1. The van der Waals surface area contributed by atoms with E-state index >= 15 is 0 Å². The Morgan fingerprint density at radius 1 is 1.03 bits per heavy atom. The maximum absolute atomic E-state index is 12.3. The summed E-state index contributed by atoms with van der Waals surface area (Å²) in [6, 6.07) is 18.2. The van der Waals surface area contributed by atoms with Crippen molar-refractivity contribution in [1.82, 2.24) is 20.5 Å². The van der Waals surface area contributed by atoms with Crippen molar-refractivity contribution in [1.29, 1.82) is 0 Å². The fourth-order valence-corrected chi connectivity index (χ4v) is 4.73. The van der Waals surface area contributed by atoms with E-state index in [1.807, 2.05) is 49.4 Å². The molecule has 6 nitrogen and oxygen atoms in total. The van der Waals surface area contributed by atoms with Crippen LogP contribution in [0.15, 0.2) is 65.2 Å². The average molecular weight is 441 g/mol. The van der Waals surface area contributed by atoms with Gasteiger partial charge in [0.2, 0.25) is 11.8 Å². The van der Waals surface area contributed by atoms with Crippen LogP contribution in [0.25, 0.3) is 22.4 Å². The predicted molar refractivity (Wildman–Crippen MR) is 128 cm³/mol. The van der Waals surface area contributed by atoms with Gasteiger partial charge in [0.05, 0.1) is 6.42 Å². The Balaban J connectivity index is 1.15. The number of rotatable bonds is 6. The fourth-order valence-electron chi connectivity index (χ4n) is 4.73. The summed E-state index contributed by atoms with van der Waals surface area (Å²) in [6.45, 7) is 2.77. The quantitative estimate of drug-likeness (QED) is 0.444. The van der Waals surface area contributed by atoms with E-state index in [2.05, 4.69) is 32.6 Å². The van der Waals surface area contributed by atoms with E-state index in [1.54, 1.807) is 6.20 Å². The van der Waals surface area contributed by atoms with Gasteiger partial charge in [-0.1, -0.05) is 54.1 Å². The lowest BCUT2D eigenvalue weighted by Gasteiger charge is -2.26. The van der Waals surface area contributed by atoms with Gasteiger partial charge in [0.25, 0.3) is 5.89 Å². The van der Waals surface area contributed by atoms with Gasteiger partial charge >= 0.3 is 0 Å². The summed E-state index contributed by atoms with van der Waals surface area (Å²) in [5.74, 6) is 2.02.